The van der Waals surface area contributed by atoms with Gasteiger partial charge in [-0.2, -0.15) is 0 Å². The van der Waals surface area contributed by atoms with E-state index in [1.54, 1.807) is 0 Å². The minimum atomic E-state index is -0.591. The van der Waals surface area contributed by atoms with E-state index in [0.29, 0.717) is 12.8 Å². The second-order valence-corrected chi connectivity index (χ2v) is 10.5. The maximum atomic E-state index is 12.8. The van der Waals surface area contributed by atoms with E-state index in [-0.39, 0.29) is 17.3 Å². The van der Waals surface area contributed by atoms with E-state index >= 15 is 0 Å². The second kappa shape index (κ2) is 10.2. The number of carbonyl (C=O) groups is 2. The van der Waals surface area contributed by atoms with E-state index in [2.05, 4.69) is 35.7 Å². The summed E-state index contributed by atoms with van der Waals surface area (Å²) in [5, 5.41) is 8.77. The van der Waals surface area contributed by atoms with E-state index in [9.17, 15) is 9.59 Å². The van der Waals surface area contributed by atoms with Crippen molar-refractivity contribution in [2.75, 3.05) is 0 Å². The van der Waals surface area contributed by atoms with Gasteiger partial charge in [0, 0.05) is 21.9 Å². The number of hydrogen-bond acceptors (Lipinski definition) is 6. The average molecular weight is 409 g/mol. The largest absolute Gasteiger partial charge is 0.349 e. The smallest absolute Gasteiger partial charge is 0.266 e. The van der Waals surface area contributed by atoms with Crippen molar-refractivity contribution >= 4 is 11.9 Å². The number of carbonyl (C=O) groups excluding carboxylic acids is 2. The van der Waals surface area contributed by atoms with Gasteiger partial charge in [-0.1, -0.05) is 85.7 Å². The average Bonchev–Trinajstić information content (AvgIpc) is 2.60. The van der Waals surface area contributed by atoms with Gasteiger partial charge in [0.1, 0.15) is 0 Å². The molecule has 1 aromatic rings. The molecule has 0 amide bonds. The van der Waals surface area contributed by atoms with Gasteiger partial charge < -0.3 is 0 Å². The first kappa shape index (κ1) is 25.1. The van der Waals surface area contributed by atoms with Crippen LogP contribution in [0.5, 0.6) is 0 Å². The van der Waals surface area contributed by atoms with Crippen LogP contribution in [0.2, 0.25) is 0 Å². The molecule has 1 aromatic carbocycles. The van der Waals surface area contributed by atoms with Crippen molar-refractivity contribution in [3.63, 3.8) is 0 Å². The first-order chi connectivity index (χ1) is 13.2. The van der Waals surface area contributed by atoms with E-state index in [1.165, 1.54) is 0 Å². The number of rotatable bonds is 9. The Hall–Kier alpha value is -1.92. The first-order valence-corrected chi connectivity index (χ1v) is 10.0. The standard InChI is InChI=1S/C23H36O6/c1-21(2,3)15-14-19(24)26-28-29-27-20(25)18(16-22(4,5)6)23(7,8)17-12-10-9-11-13-17/h9-13,18H,14-16H2,1-8H3. The predicted molar refractivity (Wildman–Crippen MR) is 110 cm³/mol. The SMILES string of the molecule is CC(C)(C)CCC(=O)OOOOC(=O)C(CC(C)(C)C)C(C)(C)c1ccccc1. The molecule has 0 spiro atoms. The van der Waals surface area contributed by atoms with Crippen LogP contribution in [0.25, 0.3) is 0 Å². The van der Waals surface area contributed by atoms with Crippen LogP contribution in [0, 0.1) is 16.7 Å². The van der Waals surface area contributed by atoms with Crippen molar-refractivity contribution in [3.8, 4) is 0 Å². The van der Waals surface area contributed by atoms with Crippen LogP contribution in [0.1, 0.15) is 80.2 Å². The first-order valence-electron chi connectivity index (χ1n) is 10.0. The molecule has 1 atom stereocenters. The fourth-order valence-electron chi connectivity index (χ4n) is 2.99. The highest BCUT2D eigenvalue weighted by Crippen LogP contribution is 2.39. The minimum absolute atomic E-state index is 0.00442. The molecule has 0 fully saturated rings. The van der Waals surface area contributed by atoms with Crippen LogP contribution in [0.15, 0.2) is 30.3 Å². The van der Waals surface area contributed by atoms with Gasteiger partial charge >= 0.3 is 11.9 Å². The zero-order valence-electron chi connectivity index (χ0n) is 19.0. The fraction of sp³-hybridized carbons (Fsp3) is 0.652. The minimum Gasteiger partial charge on any atom is -0.266 e. The molecule has 0 aromatic heterocycles. The van der Waals surface area contributed by atoms with Crippen LogP contribution < -0.4 is 0 Å². The highest BCUT2D eigenvalue weighted by Gasteiger charge is 2.41. The summed E-state index contributed by atoms with van der Waals surface area (Å²) in [4.78, 5) is 33.7. The molecule has 0 bridgehead atoms. The van der Waals surface area contributed by atoms with Crippen molar-refractivity contribution in [2.45, 2.75) is 80.1 Å². The molecule has 6 nitrogen and oxygen atoms in total. The normalized spacial score (nSPS) is 13.7. The quantitative estimate of drug-likeness (QED) is 0.296. The maximum Gasteiger partial charge on any atom is 0.349 e. The van der Waals surface area contributed by atoms with E-state index in [0.717, 1.165) is 5.56 Å². The van der Waals surface area contributed by atoms with Gasteiger partial charge in [-0.25, -0.2) is 9.59 Å². The molecule has 0 aliphatic carbocycles. The molecule has 6 heteroatoms. The molecular formula is C23H36O6. The van der Waals surface area contributed by atoms with Crippen LogP contribution >= 0.6 is 0 Å². The van der Waals surface area contributed by atoms with Gasteiger partial charge in [0.2, 0.25) is 0 Å². The molecule has 1 unspecified atom stereocenters. The van der Waals surface area contributed by atoms with Gasteiger partial charge in [0.25, 0.3) is 0 Å². The summed E-state index contributed by atoms with van der Waals surface area (Å²) in [6.07, 6.45) is 1.38. The van der Waals surface area contributed by atoms with Crippen LogP contribution in [0.4, 0.5) is 0 Å². The summed E-state index contributed by atoms with van der Waals surface area (Å²) in [6.45, 7) is 16.2. The lowest BCUT2D eigenvalue weighted by Gasteiger charge is -2.36. The lowest BCUT2D eigenvalue weighted by molar-refractivity contribution is -0.600. The van der Waals surface area contributed by atoms with Crippen molar-refractivity contribution in [1.29, 1.82) is 0 Å². The predicted octanol–water partition coefficient (Wildman–Crippen LogP) is 5.71. The van der Waals surface area contributed by atoms with Gasteiger partial charge in [-0.05, 0) is 29.2 Å². The third-order valence-electron chi connectivity index (χ3n) is 4.84. The zero-order valence-corrected chi connectivity index (χ0v) is 19.0. The molecule has 0 aliphatic rings. The van der Waals surface area contributed by atoms with Gasteiger partial charge in [0.05, 0.1) is 5.92 Å². The Morgan fingerprint density at radius 2 is 1.38 bits per heavy atom. The molecule has 164 valence electrons. The zero-order chi connectivity index (χ0) is 22.3. The summed E-state index contributed by atoms with van der Waals surface area (Å²) < 4.78 is 0. The van der Waals surface area contributed by atoms with Crippen LogP contribution in [0.3, 0.4) is 0 Å². The molecule has 1 rings (SSSR count). The highest BCUT2D eigenvalue weighted by atomic mass is 17.7. The summed E-state index contributed by atoms with van der Waals surface area (Å²) in [7, 11) is 0. The summed E-state index contributed by atoms with van der Waals surface area (Å²) >= 11 is 0. The number of benzene rings is 1. The Labute approximate surface area is 174 Å². The van der Waals surface area contributed by atoms with Crippen LogP contribution in [-0.2, 0) is 34.9 Å². The second-order valence-electron chi connectivity index (χ2n) is 10.5. The Balaban J connectivity index is 2.68. The monoisotopic (exact) mass is 408 g/mol. The van der Waals surface area contributed by atoms with E-state index in [1.807, 2.05) is 65.0 Å². The topological polar surface area (TPSA) is 71.1 Å². The number of hydrogen-bond donors (Lipinski definition) is 0. The summed E-state index contributed by atoms with van der Waals surface area (Å²) in [5.41, 5.74) is 0.393. The van der Waals surface area contributed by atoms with Crippen molar-refractivity contribution in [2.24, 2.45) is 16.7 Å². The third kappa shape index (κ3) is 9.41. The fourth-order valence-corrected chi connectivity index (χ4v) is 2.99. The highest BCUT2D eigenvalue weighted by molar-refractivity contribution is 5.74. The Morgan fingerprint density at radius 1 is 0.828 bits per heavy atom. The van der Waals surface area contributed by atoms with Crippen molar-refractivity contribution in [1.82, 2.24) is 0 Å². The Bertz CT molecular complexity index is 652. The van der Waals surface area contributed by atoms with Crippen molar-refractivity contribution in [3.05, 3.63) is 35.9 Å². The molecule has 0 N–H and O–H groups in total. The van der Waals surface area contributed by atoms with Gasteiger partial charge in [-0.15, -0.1) is 0 Å². The van der Waals surface area contributed by atoms with Gasteiger partial charge in [0.15, 0.2) is 0 Å². The third-order valence-corrected chi connectivity index (χ3v) is 4.84. The molecule has 0 saturated carbocycles. The molecular weight excluding hydrogens is 372 g/mol. The van der Waals surface area contributed by atoms with Gasteiger partial charge in [-0.3, -0.25) is 9.78 Å². The van der Waals surface area contributed by atoms with E-state index in [4.69, 9.17) is 4.89 Å². The van der Waals surface area contributed by atoms with E-state index < -0.39 is 23.3 Å². The summed E-state index contributed by atoms with van der Waals surface area (Å²) in [6, 6.07) is 9.77. The van der Waals surface area contributed by atoms with Crippen LogP contribution in [-0.4, -0.2) is 11.9 Å². The molecule has 0 saturated heterocycles. The molecule has 0 heterocycles. The maximum absolute atomic E-state index is 12.8. The lowest BCUT2D eigenvalue weighted by atomic mass is 9.68. The van der Waals surface area contributed by atoms with Crippen molar-refractivity contribution < 1.29 is 29.4 Å². The Kier molecular flexibility index (Phi) is 8.84. The molecule has 0 aliphatic heterocycles. The molecule has 0 radical (unpaired) electrons. The Morgan fingerprint density at radius 3 is 1.90 bits per heavy atom. The lowest BCUT2D eigenvalue weighted by Crippen LogP contribution is -2.38. The molecule has 29 heavy (non-hydrogen) atoms. The summed E-state index contributed by atoms with van der Waals surface area (Å²) in [5.74, 6) is -1.67.